The summed E-state index contributed by atoms with van der Waals surface area (Å²) in [6, 6.07) is 3.17. The maximum Gasteiger partial charge on any atom is 0.408 e. The van der Waals surface area contributed by atoms with Crippen LogP contribution in [-0.2, 0) is 6.42 Å². The van der Waals surface area contributed by atoms with Gasteiger partial charge in [-0.1, -0.05) is 19.1 Å². The van der Waals surface area contributed by atoms with Gasteiger partial charge in [0.2, 0.25) is 0 Å². The fourth-order valence-electron chi connectivity index (χ4n) is 1.72. The molecule has 0 saturated carbocycles. The second kappa shape index (κ2) is 5.40. The molecule has 0 aliphatic rings. The van der Waals surface area contributed by atoms with Crippen molar-refractivity contribution < 1.29 is 17.9 Å². The number of hydrogen-bond acceptors (Lipinski definition) is 2. The molecule has 0 saturated heterocycles. The highest BCUT2D eigenvalue weighted by Gasteiger charge is 2.41. The molecular formula is C12H16F3NO. The molecule has 0 amide bonds. The van der Waals surface area contributed by atoms with Gasteiger partial charge in [0, 0.05) is 5.56 Å². The first-order chi connectivity index (χ1) is 7.93. The predicted octanol–water partition coefficient (Wildman–Crippen LogP) is 3.08. The normalized spacial score (nSPS) is 13.5. The molecule has 0 aliphatic carbocycles. The van der Waals surface area contributed by atoms with Crippen molar-refractivity contribution in [1.29, 1.82) is 0 Å². The number of halogens is 3. The summed E-state index contributed by atoms with van der Waals surface area (Å²) in [4.78, 5) is 0. The van der Waals surface area contributed by atoms with Gasteiger partial charge >= 0.3 is 6.18 Å². The van der Waals surface area contributed by atoms with E-state index in [9.17, 15) is 13.2 Å². The van der Waals surface area contributed by atoms with E-state index >= 15 is 0 Å². The standard InChI is InChI=1S/C12H16F3NO/c1-4-8-5-6-10(17-3)9(7-8)11(16-2)12(13,14)15/h5-7,11,16H,4H2,1-3H3. The Hall–Kier alpha value is -1.23. The molecule has 1 aromatic rings. The summed E-state index contributed by atoms with van der Waals surface area (Å²) in [6.07, 6.45) is -3.65. The molecule has 2 nitrogen and oxygen atoms in total. The topological polar surface area (TPSA) is 21.3 Å². The minimum atomic E-state index is -4.34. The van der Waals surface area contributed by atoms with Crippen LogP contribution in [0, 0.1) is 0 Å². The van der Waals surface area contributed by atoms with Gasteiger partial charge < -0.3 is 10.1 Å². The monoisotopic (exact) mass is 247 g/mol. The van der Waals surface area contributed by atoms with Gasteiger partial charge in [-0.25, -0.2) is 0 Å². The van der Waals surface area contributed by atoms with Crippen molar-refractivity contribution in [2.24, 2.45) is 0 Å². The Bertz CT molecular complexity index is 377. The van der Waals surface area contributed by atoms with Crippen LogP contribution < -0.4 is 10.1 Å². The van der Waals surface area contributed by atoms with Crippen molar-refractivity contribution in [2.45, 2.75) is 25.6 Å². The lowest BCUT2D eigenvalue weighted by molar-refractivity contribution is -0.156. The van der Waals surface area contributed by atoms with Crippen molar-refractivity contribution in [3.63, 3.8) is 0 Å². The van der Waals surface area contributed by atoms with Crippen molar-refractivity contribution >= 4 is 0 Å². The second-order valence-electron chi connectivity index (χ2n) is 3.69. The van der Waals surface area contributed by atoms with E-state index in [4.69, 9.17) is 4.74 Å². The van der Waals surface area contributed by atoms with E-state index in [2.05, 4.69) is 5.32 Å². The molecular weight excluding hydrogens is 231 g/mol. The van der Waals surface area contributed by atoms with Crippen LogP contribution in [0.2, 0.25) is 0 Å². The molecule has 0 heterocycles. The summed E-state index contributed by atoms with van der Waals surface area (Å²) in [5, 5.41) is 2.28. The molecule has 1 atom stereocenters. The smallest absolute Gasteiger partial charge is 0.408 e. The average molecular weight is 247 g/mol. The maximum absolute atomic E-state index is 12.8. The third-order valence-electron chi connectivity index (χ3n) is 2.63. The molecule has 0 aliphatic heterocycles. The molecule has 1 rings (SSSR count). The summed E-state index contributed by atoms with van der Waals surface area (Å²) in [6.45, 7) is 1.90. The largest absolute Gasteiger partial charge is 0.496 e. The molecule has 1 N–H and O–H groups in total. The predicted molar refractivity (Wildman–Crippen MR) is 60.2 cm³/mol. The molecule has 5 heteroatoms. The van der Waals surface area contributed by atoms with Gasteiger partial charge in [0.25, 0.3) is 0 Å². The Balaban J connectivity index is 3.25. The minimum absolute atomic E-state index is 0.127. The first kappa shape index (κ1) is 13.8. The number of alkyl halides is 3. The summed E-state index contributed by atoms with van der Waals surface area (Å²) >= 11 is 0. The third-order valence-corrected chi connectivity index (χ3v) is 2.63. The van der Waals surface area contributed by atoms with Crippen molar-refractivity contribution in [3.8, 4) is 5.75 Å². The van der Waals surface area contributed by atoms with Crippen LogP contribution in [0.15, 0.2) is 18.2 Å². The van der Waals surface area contributed by atoms with Gasteiger partial charge in [-0.05, 0) is 25.1 Å². The molecule has 1 unspecified atom stereocenters. The lowest BCUT2D eigenvalue weighted by Crippen LogP contribution is -2.32. The summed E-state index contributed by atoms with van der Waals surface area (Å²) in [5.74, 6) is 0.249. The highest BCUT2D eigenvalue weighted by Crippen LogP contribution is 2.37. The summed E-state index contributed by atoms with van der Waals surface area (Å²) in [5.41, 5.74) is 0.979. The summed E-state index contributed by atoms with van der Waals surface area (Å²) in [7, 11) is 2.66. The Kier molecular flexibility index (Phi) is 4.40. The zero-order valence-corrected chi connectivity index (χ0v) is 10.1. The van der Waals surface area contributed by atoms with Gasteiger partial charge in [0.15, 0.2) is 0 Å². The van der Waals surface area contributed by atoms with Gasteiger partial charge in [-0.15, -0.1) is 0 Å². The van der Waals surface area contributed by atoms with Crippen molar-refractivity contribution in [2.75, 3.05) is 14.2 Å². The Labute approximate surface area is 98.8 Å². The maximum atomic E-state index is 12.8. The zero-order chi connectivity index (χ0) is 13.1. The molecule has 0 aromatic heterocycles. The van der Waals surface area contributed by atoms with Crippen LogP contribution in [0.5, 0.6) is 5.75 Å². The van der Waals surface area contributed by atoms with E-state index < -0.39 is 12.2 Å². The molecule has 17 heavy (non-hydrogen) atoms. The number of nitrogens with one attached hydrogen (secondary N) is 1. The molecule has 0 fully saturated rings. The van der Waals surface area contributed by atoms with Gasteiger partial charge in [-0.3, -0.25) is 0 Å². The first-order valence-electron chi connectivity index (χ1n) is 5.34. The number of benzene rings is 1. The van der Waals surface area contributed by atoms with Crippen LogP contribution in [0.3, 0.4) is 0 Å². The van der Waals surface area contributed by atoms with E-state index in [-0.39, 0.29) is 11.3 Å². The Morgan fingerprint density at radius 2 is 2.00 bits per heavy atom. The first-order valence-corrected chi connectivity index (χ1v) is 5.34. The van der Waals surface area contributed by atoms with E-state index in [1.54, 1.807) is 12.1 Å². The molecule has 0 bridgehead atoms. The number of ether oxygens (including phenoxy) is 1. The van der Waals surface area contributed by atoms with Crippen molar-refractivity contribution in [1.82, 2.24) is 5.32 Å². The highest BCUT2D eigenvalue weighted by molar-refractivity contribution is 5.40. The number of rotatable bonds is 4. The quantitative estimate of drug-likeness (QED) is 0.882. The molecule has 0 spiro atoms. The molecule has 0 radical (unpaired) electrons. The van der Waals surface area contributed by atoms with Crippen LogP contribution in [-0.4, -0.2) is 20.3 Å². The number of hydrogen-bond donors (Lipinski definition) is 1. The van der Waals surface area contributed by atoms with E-state index in [1.165, 1.54) is 20.2 Å². The van der Waals surface area contributed by atoms with Gasteiger partial charge in [-0.2, -0.15) is 13.2 Å². The van der Waals surface area contributed by atoms with E-state index in [0.29, 0.717) is 6.42 Å². The van der Waals surface area contributed by atoms with Crippen LogP contribution >= 0.6 is 0 Å². The lowest BCUT2D eigenvalue weighted by atomic mass is 10.0. The van der Waals surface area contributed by atoms with E-state index in [0.717, 1.165) is 5.56 Å². The van der Waals surface area contributed by atoms with Gasteiger partial charge in [0.05, 0.1) is 7.11 Å². The van der Waals surface area contributed by atoms with Crippen LogP contribution in [0.1, 0.15) is 24.1 Å². The molecule has 1 aromatic carbocycles. The van der Waals surface area contributed by atoms with Crippen molar-refractivity contribution in [3.05, 3.63) is 29.3 Å². The van der Waals surface area contributed by atoms with Gasteiger partial charge in [0.1, 0.15) is 11.8 Å². The van der Waals surface area contributed by atoms with Crippen LogP contribution in [0.25, 0.3) is 0 Å². The van der Waals surface area contributed by atoms with Crippen LogP contribution in [0.4, 0.5) is 13.2 Å². The third kappa shape index (κ3) is 3.12. The lowest BCUT2D eigenvalue weighted by Gasteiger charge is -2.22. The number of methoxy groups -OCH3 is 1. The minimum Gasteiger partial charge on any atom is -0.496 e. The number of aryl methyl sites for hydroxylation is 1. The zero-order valence-electron chi connectivity index (χ0n) is 10.1. The Morgan fingerprint density at radius 1 is 1.35 bits per heavy atom. The molecule has 96 valence electrons. The fourth-order valence-corrected chi connectivity index (χ4v) is 1.72. The fraction of sp³-hybridized carbons (Fsp3) is 0.500. The summed E-state index contributed by atoms with van der Waals surface area (Å²) < 4.78 is 43.5. The second-order valence-corrected chi connectivity index (χ2v) is 3.69. The Morgan fingerprint density at radius 3 is 2.41 bits per heavy atom. The van der Waals surface area contributed by atoms with E-state index in [1.807, 2.05) is 6.92 Å². The average Bonchev–Trinajstić information content (AvgIpc) is 2.28. The highest BCUT2D eigenvalue weighted by atomic mass is 19.4. The SMILES string of the molecule is CCc1ccc(OC)c(C(NC)C(F)(F)F)c1.